The molecule has 1 aromatic rings. The topological polar surface area (TPSA) is 66.9 Å². The minimum Gasteiger partial charge on any atom is -0.496 e. The Kier molecular flexibility index (Phi) is 5.46. The number of piperazine rings is 1. The van der Waals surface area contributed by atoms with Gasteiger partial charge in [-0.15, -0.1) is 0 Å². The predicted molar refractivity (Wildman–Crippen MR) is 96.9 cm³/mol. The minimum absolute atomic E-state index is 0.0520. The molecule has 2 aliphatic rings. The molecule has 1 atom stereocenters. The molecule has 1 aromatic carbocycles. The van der Waals surface area contributed by atoms with Crippen LogP contribution < -0.4 is 4.74 Å². The van der Waals surface area contributed by atoms with Crippen molar-refractivity contribution in [1.82, 2.24) is 9.80 Å². The summed E-state index contributed by atoms with van der Waals surface area (Å²) < 4.78 is 28.8. The van der Waals surface area contributed by atoms with Crippen LogP contribution in [-0.4, -0.2) is 74.8 Å². The van der Waals surface area contributed by atoms with E-state index in [-0.39, 0.29) is 11.8 Å². The molecule has 3 rings (SSSR count). The van der Waals surface area contributed by atoms with E-state index < -0.39 is 9.84 Å². The van der Waals surface area contributed by atoms with E-state index in [0.717, 1.165) is 50.5 Å². The van der Waals surface area contributed by atoms with Gasteiger partial charge in [-0.1, -0.05) is 0 Å². The summed E-state index contributed by atoms with van der Waals surface area (Å²) in [5.74, 6) is 1.49. The smallest absolute Gasteiger partial charge is 0.159 e. The third-order valence-electron chi connectivity index (χ3n) is 5.21. The third kappa shape index (κ3) is 4.40. The van der Waals surface area contributed by atoms with Crippen molar-refractivity contribution in [3.05, 3.63) is 29.3 Å². The van der Waals surface area contributed by atoms with Crippen molar-refractivity contribution in [2.45, 2.75) is 25.9 Å². The number of Topliss-reactive ketones (excluding diaryl/α,β-unsaturated/α-hetero) is 1. The van der Waals surface area contributed by atoms with Gasteiger partial charge < -0.3 is 4.74 Å². The molecule has 7 heteroatoms. The van der Waals surface area contributed by atoms with Crippen molar-refractivity contribution in [2.24, 2.45) is 0 Å². The molecule has 2 fully saturated rings. The number of benzene rings is 1. The Labute approximate surface area is 149 Å². The van der Waals surface area contributed by atoms with Gasteiger partial charge >= 0.3 is 0 Å². The molecule has 0 aromatic heterocycles. The fraction of sp³-hybridized carbons (Fsp3) is 0.611. The maximum atomic E-state index is 11.7. The van der Waals surface area contributed by atoms with Crippen LogP contribution in [0.1, 0.15) is 29.3 Å². The number of carbonyl (C=O) groups is 1. The summed E-state index contributed by atoms with van der Waals surface area (Å²) in [6, 6.07) is 5.74. The van der Waals surface area contributed by atoms with Crippen molar-refractivity contribution < 1.29 is 17.9 Å². The Hall–Kier alpha value is -1.44. The highest BCUT2D eigenvalue weighted by molar-refractivity contribution is 7.91. The molecule has 0 aliphatic carbocycles. The maximum Gasteiger partial charge on any atom is 0.159 e. The average molecular weight is 366 g/mol. The van der Waals surface area contributed by atoms with Gasteiger partial charge in [-0.05, 0) is 31.5 Å². The van der Waals surface area contributed by atoms with Crippen LogP contribution in [0.4, 0.5) is 0 Å². The molecule has 0 bridgehead atoms. The van der Waals surface area contributed by atoms with Gasteiger partial charge in [-0.2, -0.15) is 0 Å². The van der Waals surface area contributed by atoms with Gasteiger partial charge in [-0.3, -0.25) is 14.6 Å². The third-order valence-corrected chi connectivity index (χ3v) is 6.96. The first-order chi connectivity index (χ1) is 11.9. The minimum atomic E-state index is -2.83. The van der Waals surface area contributed by atoms with Crippen molar-refractivity contribution in [2.75, 3.05) is 44.8 Å². The fourth-order valence-electron chi connectivity index (χ4n) is 3.71. The number of nitrogens with zero attached hydrogens (tertiary/aromatic N) is 2. The lowest BCUT2D eigenvalue weighted by Gasteiger charge is -2.37. The highest BCUT2D eigenvalue weighted by atomic mass is 32.2. The molecule has 0 saturated carbocycles. The molecule has 25 heavy (non-hydrogen) atoms. The first-order valence-electron chi connectivity index (χ1n) is 8.72. The van der Waals surface area contributed by atoms with E-state index in [1.165, 1.54) is 0 Å². The standard InChI is InChI=1S/C18H26N2O4S/c1-14(21)15-3-4-18(24-2)16(11-15)12-19-6-8-20(9-7-19)17-5-10-25(22,23)13-17/h3-4,11,17H,5-10,12-13H2,1-2H3. The Bertz CT molecular complexity index is 739. The SMILES string of the molecule is COc1ccc(C(C)=O)cc1CN1CCN(C2CCS(=O)(=O)C2)CC1. The first kappa shape index (κ1) is 18.4. The molecule has 138 valence electrons. The van der Waals surface area contributed by atoms with E-state index in [2.05, 4.69) is 9.80 Å². The van der Waals surface area contributed by atoms with Crippen LogP contribution >= 0.6 is 0 Å². The van der Waals surface area contributed by atoms with Crippen molar-refractivity contribution in [3.8, 4) is 5.75 Å². The number of sulfone groups is 1. The lowest BCUT2D eigenvalue weighted by molar-refractivity contribution is 0.0990. The van der Waals surface area contributed by atoms with E-state index in [1.807, 2.05) is 12.1 Å². The number of methoxy groups -OCH3 is 1. The zero-order chi connectivity index (χ0) is 18.0. The summed E-state index contributed by atoms with van der Waals surface area (Å²) in [7, 11) is -1.19. The van der Waals surface area contributed by atoms with Gasteiger partial charge in [0.1, 0.15) is 5.75 Å². The summed E-state index contributed by atoms with van der Waals surface area (Å²) in [4.78, 5) is 16.3. The molecule has 2 saturated heterocycles. The number of hydrogen-bond donors (Lipinski definition) is 0. The number of carbonyl (C=O) groups excluding carboxylic acids is 1. The molecule has 0 spiro atoms. The van der Waals surface area contributed by atoms with Gasteiger partial charge in [0.2, 0.25) is 0 Å². The Balaban J connectivity index is 1.61. The largest absolute Gasteiger partial charge is 0.496 e. The van der Waals surface area contributed by atoms with Crippen LogP contribution in [0.2, 0.25) is 0 Å². The number of ketones is 1. The maximum absolute atomic E-state index is 11.7. The summed E-state index contributed by atoms with van der Waals surface area (Å²) in [5, 5.41) is 0. The van der Waals surface area contributed by atoms with Crippen LogP contribution in [0, 0.1) is 0 Å². The number of hydrogen-bond acceptors (Lipinski definition) is 6. The van der Waals surface area contributed by atoms with Crippen molar-refractivity contribution >= 4 is 15.6 Å². The highest BCUT2D eigenvalue weighted by Gasteiger charge is 2.33. The van der Waals surface area contributed by atoms with Gasteiger partial charge in [-0.25, -0.2) is 8.42 Å². The molecule has 1 unspecified atom stereocenters. The molecular weight excluding hydrogens is 340 g/mol. The van der Waals surface area contributed by atoms with Gasteiger partial charge in [0.05, 0.1) is 18.6 Å². The second-order valence-electron chi connectivity index (χ2n) is 6.95. The summed E-state index contributed by atoms with van der Waals surface area (Å²) in [5.41, 5.74) is 1.72. The van der Waals surface area contributed by atoms with Gasteiger partial charge in [0, 0.05) is 49.9 Å². The Morgan fingerprint density at radius 3 is 2.52 bits per heavy atom. The van der Waals surface area contributed by atoms with Gasteiger partial charge in [0.25, 0.3) is 0 Å². The van der Waals surface area contributed by atoms with E-state index >= 15 is 0 Å². The van der Waals surface area contributed by atoms with E-state index in [0.29, 0.717) is 17.1 Å². The Morgan fingerprint density at radius 1 is 1.24 bits per heavy atom. The monoisotopic (exact) mass is 366 g/mol. The predicted octanol–water partition coefficient (Wildman–Crippen LogP) is 1.20. The summed E-state index contributed by atoms with van der Waals surface area (Å²) in [6.07, 6.45) is 0.761. The quantitative estimate of drug-likeness (QED) is 0.730. The van der Waals surface area contributed by atoms with Crippen LogP contribution in [-0.2, 0) is 16.4 Å². The van der Waals surface area contributed by atoms with Crippen molar-refractivity contribution in [3.63, 3.8) is 0 Å². The second-order valence-corrected chi connectivity index (χ2v) is 9.18. The van der Waals surface area contributed by atoms with E-state index in [9.17, 15) is 13.2 Å². The molecule has 0 amide bonds. The molecular formula is C18H26N2O4S. The lowest BCUT2D eigenvalue weighted by atomic mass is 10.1. The lowest BCUT2D eigenvalue weighted by Crippen LogP contribution is -2.50. The molecule has 0 radical (unpaired) electrons. The van der Waals surface area contributed by atoms with Crippen LogP contribution in [0.15, 0.2) is 18.2 Å². The number of ether oxygens (including phenoxy) is 1. The van der Waals surface area contributed by atoms with Crippen LogP contribution in [0.5, 0.6) is 5.75 Å². The molecule has 2 heterocycles. The van der Waals surface area contributed by atoms with Crippen molar-refractivity contribution in [1.29, 1.82) is 0 Å². The normalized spacial score (nSPS) is 24.3. The zero-order valence-corrected chi connectivity index (χ0v) is 15.7. The van der Waals surface area contributed by atoms with E-state index in [4.69, 9.17) is 4.74 Å². The molecule has 6 nitrogen and oxygen atoms in total. The summed E-state index contributed by atoms with van der Waals surface area (Å²) in [6.45, 7) is 5.86. The fourth-order valence-corrected chi connectivity index (χ4v) is 5.47. The first-order valence-corrected chi connectivity index (χ1v) is 10.5. The van der Waals surface area contributed by atoms with Crippen LogP contribution in [0.3, 0.4) is 0 Å². The number of rotatable bonds is 5. The summed E-state index contributed by atoms with van der Waals surface area (Å²) >= 11 is 0. The average Bonchev–Trinajstić information content (AvgIpc) is 2.95. The molecule has 2 aliphatic heterocycles. The second kappa shape index (κ2) is 7.43. The zero-order valence-electron chi connectivity index (χ0n) is 14.9. The van der Waals surface area contributed by atoms with Gasteiger partial charge in [0.15, 0.2) is 15.6 Å². The Morgan fingerprint density at radius 2 is 1.96 bits per heavy atom. The van der Waals surface area contributed by atoms with Crippen LogP contribution in [0.25, 0.3) is 0 Å². The molecule has 0 N–H and O–H groups in total. The van der Waals surface area contributed by atoms with E-state index in [1.54, 1.807) is 20.1 Å². The highest BCUT2D eigenvalue weighted by Crippen LogP contribution is 2.24.